The predicted molar refractivity (Wildman–Crippen MR) is 92.3 cm³/mol. The summed E-state index contributed by atoms with van der Waals surface area (Å²) in [4.78, 5) is 14.8. The van der Waals surface area contributed by atoms with Crippen molar-refractivity contribution < 1.29 is 9.53 Å². The van der Waals surface area contributed by atoms with E-state index in [0.29, 0.717) is 24.3 Å². The van der Waals surface area contributed by atoms with Crippen LogP contribution in [0.2, 0.25) is 0 Å². The molecular formula is C20H18N2O2. The number of hydrogen-bond donors (Lipinski definition) is 0. The van der Waals surface area contributed by atoms with Gasteiger partial charge in [-0.15, -0.1) is 0 Å². The van der Waals surface area contributed by atoms with Gasteiger partial charge in [0, 0.05) is 30.4 Å². The maximum absolute atomic E-state index is 12.6. The van der Waals surface area contributed by atoms with Crippen molar-refractivity contribution in [1.29, 1.82) is 5.26 Å². The van der Waals surface area contributed by atoms with E-state index >= 15 is 0 Å². The highest BCUT2D eigenvalue weighted by Gasteiger charge is 2.17. The molecule has 0 aliphatic carbocycles. The van der Waals surface area contributed by atoms with Crippen LogP contribution in [0.1, 0.15) is 21.5 Å². The Kier molecular flexibility index (Phi) is 5.05. The van der Waals surface area contributed by atoms with Gasteiger partial charge in [-0.05, 0) is 17.7 Å². The third kappa shape index (κ3) is 3.70. The summed E-state index contributed by atoms with van der Waals surface area (Å²) in [5.41, 5.74) is 3.07. The van der Waals surface area contributed by atoms with E-state index in [1.165, 1.54) is 0 Å². The first kappa shape index (κ1) is 16.0. The van der Waals surface area contributed by atoms with Crippen LogP contribution in [0, 0.1) is 11.3 Å². The zero-order valence-electron chi connectivity index (χ0n) is 13.3. The van der Waals surface area contributed by atoms with Crippen molar-refractivity contribution in [1.82, 2.24) is 4.90 Å². The first-order valence-electron chi connectivity index (χ1n) is 7.92. The normalized spacial score (nSPS) is 15.0. The number of morpholine rings is 1. The summed E-state index contributed by atoms with van der Waals surface area (Å²) in [5, 5.41) is 8.96. The topological polar surface area (TPSA) is 53.3 Å². The predicted octanol–water partition coefficient (Wildman–Crippen LogP) is 3.11. The molecule has 3 rings (SSSR count). The highest BCUT2D eigenvalue weighted by Crippen LogP contribution is 2.22. The van der Waals surface area contributed by atoms with Crippen LogP contribution in [0.15, 0.2) is 60.7 Å². The molecule has 1 fully saturated rings. The monoisotopic (exact) mass is 318 g/mol. The third-order valence-corrected chi connectivity index (χ3v) is 3.99. The van der Waals surface area contributed by atoms with Crippen LogP contribution in [-0.2, 0) is 4.74 Å². The van der Waals surface area contributed by atoms with Gasteiger partial charge in [-0.2, -0.15) is 5.26 Å². The Balaban J connectivity index is 1.96. The molecule has 2 aromatic rings. The SMILES string of the molecule is N#Cc1ccc(/C(=C\C(=O)c2ccccc2)N2CCOCC2)cc1. The molecule has 24 heavy (non-hydrogen) atoms. The van der Waals surface area contributed by atoms with Gasteiger partial charge in [0.1, 0.15) is 0 Å². The highest BCUT2D eigenvalue weighted by molar-refractivity contribution is 6.08. The van der Waals surface area contributed by atoms with Crippen LogP contribution >= 0.6 is 0 Å². The molecule has 120 valence electrons. The number of ketones is 1. The molecular weight excluding hydrogens is 300 g/mol. The molecule has 0 bridgehead atoms. The Morgan fingerprint density at radius 2 is 1.67 bits per heavy atom. The van der Waals surface area contributed by atoms with E-state index in [9.17, 15) is 4.79 Å². The Morgan fingerprint density at radius 3 is 2.29 bits per heavy atom. The summed E-state index contributed by atoms with van der Waals surface area (Å²) < 4.78 is 5.41. The second-order valence-corrected chi connectivity index (χ2v) is 5.55. The van der Waals surface area contributed by atoms with E-state index in [1.807, 2.05) is 42.5 Å². The van der Waals surface area contributed by atoms with Crippen LogP contribution in [0.4, 0.5) is 0 Å². The summed E-state index contributed by atoms with van der Waals surface area (Å²) in [6, 6.07) is 18.7. The molecule has 1 heterocycles. The molecule has 0 unspecified atom stereocenters. The Morgan fingerprint density at radius 1 is 1.00 bits per heavy atom. The van der Waals surface area contributed by atoms with Gasteiger partial charge in [-0.25, -0.2) is 0 Å². The Labute approximate surface area is 141 Å². The molecule has 0 spiro atoms. The fourth-order valence-electron chi connectivity index (χ4n) is 2.69. The summed E-state index contributed by atoms with van der Waals surface area (Å²) in [6.07, 6.45) is 1.68. The molecule has 4 nitrogen and oxygen atoms in total. The number of nitriles is 1. The minimum Gasteiger partial charge on any atom is -0.378 e. The van der Waals surface area contributed by atoms with Gasteiger partial charge < -0.3 is 9.64 Å². The minimum atomic E-state index is -0.0264. The molecule has 0 aromatic heterocycles. The molecule has 0 N–H and O–H groups in total. The fourth-order valence-corrected chi connectivity index (χ4v) is 2.69. The van der Waals surface area contributed by atoms with Gasteiger partial charge in [-0.1, -0.05) is 42.5 Å². The van der Waals surface area contributed by atoms with Crippen molar-refractivity contribution in [3.05, 3.63) is 77.4 Å². The van der Waals surface area contributed by atoms with Gasteiger partial charge in [-0.3, -0.25) is 4.79 Å². The molecule has 0 saturated carbocycles. The van der Waals surface area contributed by atoms with Crippen molar-refractivity contribution in [3.63, 3.8) is 0 Å². The van der Waals surface area contributed by atoms with Gasteiger partial charge >= 0.3 is 0 Å². The van der Waals surface area contributed by atoms with Crippen molar-refractivity contribution in [3.8, 4) is 6.07 Å². The molecule has 2 aromatic carbocycles. The van der Waals surface area contributed by atoms with Crippen molar-refractivity contribution in [2.75, 3.05) is 26.3 Å². The molecule has 1 aliphatic heterocycles. The molecule has 1 saturated heterocycles. The Hall–Kier alpha value is -2.90. The smallest absolute Gasteiger partial charge is 0.187 e. The quantitative estimate of drug-likeness (QED) is 0.642. The highest BCUT2D eigenvalue weighted by atomic mass is 16.5. The van der Waals surface area contributed by atoms with Crippen LogP contribution in [0.3, 0.4) is 0 Å². The number of benzene rings is 2. The molecule has 4 heteroatoms. The zero-order valence-corrected chi connectivity index (χ0v) is 13.3. The first-order valence-corrected chi connectivity index (χ1v) is 7.92. The second-order valence-electron chi connectivity index (χ2n) is 5.55. The van der Waals surface area contributed by atoms with E-state index < -0.39 is 0 Å². The lowest BCUT2D eigenvalue weighted by atomic mass is 10.0. The number of carbonyl (C=O) groups is 1. The summed E-state index contributed by atoms with van der Waals surface area (Å²) in [7, 11) is 0. The van der Waals surface area contributed by atoms with Crippen molar-refractivity contribution in [2.45, 2.75) is 0 Å². The number of nitrogens with zero attached hydrogens (tertiary/aromatic N) is 2. The maximum Gasteiger partial charge on any atom is 0.187 e. The average molecular weight is 318 g/mol. The summed E-state index contributed by atoms with van der Waals surface area (Å²) in [6.45, 7) is 2.78. The van der Waals surface area contributed by atoms with E-state index in [0.717, 1.165) is 24.4 Å². The number of allylic oxidation sites excluding steroid dienone is 1. The van der Waals surface area contributed by atoms with Crippen molar-refractivity contribution >= 4 is 11.5 Å². The molecule has 0 amide bonds. The fraction of sp³-hybridized carbons (Fsp3) is 0.200. The number of rotatable bonds is 4. The van der Waals surface area contributed by atoms with E-state index in [4.69, 9.17) is 10.00 Å². The van der Waals surface area contributed by atoms with Crippen LogP contribution in [-0.4, -0.2) is 37.0 Å². The second kappa shape index (κ2) is 7.58. The average Bonchev–Trinajstić information content (AvgIpc) is 2.67. The summed E-state index contributed by atoms with van der Waals surface area (Å²) >= 11 is 0. The van der Waals surface area contributed by atoms with Crippen LogP contribution < -0.4 is 0 Å². The molecule has 1 aliphatic rings. The largest absolute Gasteiger partial charge is 0.378 e. The van der Waals surface area contributed by atoms with Gasteiger partial charge in [0.2, 0.25) is 0 Å². The number of ether oxygens (including phenoxy) is 1. The maximum atomic E-state index is 12.6. The lowest BCUT2D eigenvalue weighted by molar-refractivity contribution is 0.0637. The molecule has 0 atom stereocenters. The van der Waals surface area contributed by atoms with E-state index in [-0.39, 0.29) is 5.78 Å². The zero-order chi connectivity index (χ0) is 16.8. The van der Waals surface area contributed by atoms with E-state index in [2.05, 4.69) is 11.0 Å². The standard InChI is InChI=1S/C20H18N2O2/c21-15-16-6-8-17(9-7-16)19(22-10-12-24-13-11-22)14-20(23)18-4-2-1-3-5-18/h1-9,14H,10-13H2/b19-14+. The van der Waals surface area contributed by atoms with Crippen molar-refractivity contribution in [2.24, 2.45) is 0 Å². The lowest BCUT2D eigenvalue weighted by Gasteiger charge is -2.31. The number of hydrogen-bond acceptors (Lipinski definition) is 4. The van der Waals surface area contributed by atoms with E-state index in [1.54, 1.807) is 18.2 Å². The first-order chi connectivity index (χ1) is 11.8. The van der Waals surface area contributed by atoms with Gasteiger partial charge in [0.05, 0.1) is 24.8 Å². The lowest BCUT2D eigenvalue weighted by Crippen LogP contribution is -2.35. The minimum absolute atomic E-state index is 0.0264. The van der Waals surface area contributed by atoms with Gasteiger partial charge in [0.25, 0.3) is 0 Å². The third-order valence-electron chi connectivity index (χ3n) is 3.99. The van der Waals surface area contributed by atoms with Crippen LogP contribution in [0.5, 0.6) is 0 Å². The number of carbonyl (C=O) groups excluding carboxylic acids is 1. The summed E-state index contributed by atoms with van der Waals surface area (Å²) in [5.74, 6) is -0.0264. The molecule has 0 radical (unpaired) electrons. The Bertz CT molecular complexity index is 768. The van der Waals surface area contributed by atoms with Gasteiger partial charge in [0.15, 0.2) is 5.78 Å². The van der Waals surface area contributed by atoms with Crippen LogP contribution in [0.25, 0.3) is 5.70 Å².